The second kappa shape index (κ2) is 8.27. The molecule has 0 aliphatic carbocycles. The van der Waals surface area contributed by atoms with Crippen LogP contribution in [-0.4, -0.2) is 16.2 Å². The molecule has 0 spiro atoms. The summed E-state index contributed by atoms with van der Waals surface area (Å²) in [5.74, 6) is -0.290. The smallest absolute Gasteiger partial charge is 0.269 e. The van der Waals surface area contributed by atoms with Crippen LogP contribution in [0.5, 0.6) is 0 Å². The molecule has 1 N–H and O–H groups in total. The molecule has 0 unspecified atom stereocenters. The Kier molecular flexibility index (Phi) is 6.32. The lowest BCUT2D eigenvalue weighted by molar-refractivity contribution is -0.384. The van der Waals surface area contributed by atoms with E-state index in [1.54, 1.807) is 0 Å². The van der Waals surface area contributed by atoms with E-state index in [1.807, 2.05) is 26.8 Å². The molecule has 0 fully saturated rings. The summed E-state index contributed by atoms with van der Waals surface area (Å²) in [5, 5.41) is 14.5. The molecule has 0 heterocycles. The molecule has 5 nitrogen and oxygen atoms in total. The number of nitrogens with zero attached hydrogens (tertiary/aromatic N) is 1. The van der Waals surface area contributed by atoms with Crippen LogP contribution in [-0.2, 0) is 0 Å². The van der Waals surface area contributed by atoms with Crippen LogP contribution in [0, 0.1) is 30.9 Å². The first-order valence-corrected chi connectivity index (χ1v) is 9.26. The molecule has 1 amide bonds. The minimum Gasteiger partial charge on any atom is -0.321 e. The van der Waals surface area contributed by atoms with E-state index >= 15 is 0 Å². The molecular weight excluding hydrogens is 396 g/mol. The van der Waals surface area contributed by atoms with Crippen molar-refractivity contribution in [1.82, 2.24) is 0 Å². The molecule has 0 aliphatic rings. The number of alkyl halides is 1. The third-order valence-corrected chi connectivity index (χ3v) is 5.10. The zero-order chi connectivity index (χ0) is 19.4. The fraction of sp³-hybridized carbons (Fsp3) is 0.250. The van der Waals surface area contributed by atoms with Crippen molar-refractivity contribution in [1.29, 1.82) is 0 Å². The van der Waals surface area contributed by atoms with Crippen molar-refractivity contribution in [3.8, 4) is 0 Å². The maximum absolute atomic E-state index is 12.6. The van der Waals surface area contributed by atoms with E-state index in [2.05, 4.69) is 34.2 Å². The molecule has 0 radical (unpaired) electrons. The van der Waals surface area contributed by atoms with Crippen molar-refractivity contribution in [2.45, 2.75) is 27.7 Å². The monoisotopic (exact) mass is 416 g/mol. The maximum Gasteiger partial charge on any atom is 0.269 e. The topological polar surface area (TPSA) is 72.2 Å². The van der Waals surface area contributed by atoms with Gasteiger partial charge in [-0.05, 0) is 62.1 Å². The molecule has 2 rings (SSSR count). The number of carbonyl (C=O) groups excluding carboxylic acids is 1. The van der Waals surface area contributed by atoms with Crippen molar-refractivity contribution in [3.63, 3.8) is 0 Å². The van der Waals surface area contributed by atoms with Crippen molar-refractivity contribution in [2.24, 2.45) is 0 Å². The van der Waals surface area contributed by atoms with Gasteiger partial charge in [0.15, 0.2) is 0 Å². The zero-order valence-corrected chi connectivity index (χ0v) is 16.8. The van der Waals surface area contributed by atoms with Crippen LogP contribution < -0.4 is 5.32 Å². The van der Waals surface area contributed by atoms with E-state index in [4.69, 9.17) is 0 Å². The maximum atomic E-state index is 12.6. The van der Waals surface area contributed by atoms with Crippen molar-refractivity contribution < 1.29 is 9.72 Å². The van der Waals surface area contributed by atoms with Gasteiger partial charge in [0.05, 0.1) is 4.92 Å². The van der Waals surface area contributed by atoms with Crippen molar-refractivity contribution in [2.75, 3.05) is 10.6 Å². The van der Waals surface area contributed by atoms with Crippen LogP contribution >= 0.6 is 15.9 Å². The third kappa shape index (κ3) is 4.38. The highest BCUT2D eigenvalue weighted by Gasteiger charge is 2.15. The van der Waals surface area contributed by atoms with Gasteiger partial charge in [-0.1, -0.05) is 33.6 Å². The summed E-state index contributed by atoms with van der Waals surface area (Å²) in [5.41, 5.74) is 6.51. The number of hydrogen-bond acceptors (Lipinski definition) is 3. The second-order valence-corrected chi connectivity index (χ2v) is 6.87. The number of nitro benzene ring substituents is 1. The summed E-state index contributed by atoms with van der Waals surface area (Å²) in [7, 11) is 0. The first-order valence-electron chi connectivity index (χ1n) is 8.14. The molecular formula is C20H21BrN2O3. The van der Waals surface area contributed by atoms with Gasteiger partial charge in [-0.25, -0.2) is 0 Å². The van der Waals surface area contributed by atoms with E-state index in [1.165, 1.54) is 29.8 Å². The number of anilines is 1. The number of aryl methyl sites for hydroxylation is 2. The fourth-order valence-electron chi connectivity index (χ4n) is 2.82. The lowest BCUT2D eigenvalue weighted by Gasteiger charge is -2.17. The number of rotatable bonds is 5. The lowest BCUT2D eigenvalue weighted by atomic mass is 9.95. The number of carbonyl (C=O) groups is 1. The number of nitro groups is 1. The first-order chi connectivity index (χ1) is 12.2. The van der Waals surface area contributed by atoms with Gasteiger partial charge in [0.2, 0.25) is 0 Å². The van der Waals surface area contributed by atoms with E-state index in [0.29, 0.717) is 5.56 Å². The molecule has 2 aromatic rings. The Bertz CT molecular complexity index is 887. The third-order valence-electron chi connectivity index (χ3n) is 4.21. The Balaban J connectivity index is 2.38. The molecule has 0 saturated carbocycles. The van der Waals surface area contributed by atoms with Crippen LogP contribution in [0.3, 0.4) is 0 Å². The van der Waals surface area contributed by atoms with Gasteiger partial charge < -0.3 is 5.32 Å². The zero-order valence-electron chi connectivity index (χ0n) is 15.2. The number of halogens is 1. The predicted molar refractivity (Wildman–Crippen MR) is 109 cm³/mol. The summed E-state index contributed by atoms with van der Waals surface area (Å²) in [6.45, 7) is 8.03. The van der Waals surface area contributed by atoms with Gasteiger partial charge in [0, 0.05) is 28.7 Å². The molecule has 136 valence electrons. The highest BCUT2D eigenvalue weighted by atomic mass is 79.9. The largest absolute Gasteiger partial charge is 0.321 e. The number of allylic oxidation sites excluding steroid dienone is 1. The molecule has 0 aliphatic heterocycles. The molecule has 2 aromatic carbocycles. The lowest BCUT2D eigenvalue weighted by Crippen LogP contribution is -2.14. The first kappa shape index (κ1) is 19.8. The Morgan fingerprint density at radius 3 is 2.35 bits per heavy atom. The molecule has 0 saturated heterocycles. The highest BCUT2D eigenvalue weighted by Crippen LogP contribution is 2.29. The van der Waals surface area contributed by atoms with Gasteiger partial charge in [0.1, 0.15) is 0 Å². The molecule has 26 heavy (non-hydrogen) atoms. The van der Waals surface area contributed by atoms with E-state index < -0.39 is 4.92 Å². The van der Waals surface area contributed by atoms with E-state index in [0.717, 1.165) is 33.3 Å². The van der Waals surface area contributed by atoms with E-state index in [9.17, 15) is 14.9 Å². The average Bonchev–Trinajstić information content (AvgIpc) is 2.61. The van der Waals surface area contributed by atoms with Gasteiger partial charge in [-0.15, -0.1) is 0 Å². The summed E-state index contributed by atoms with van der Waals surface area (Å²) in [6.07, 6.45) is 2.11. The van der Waals surface area contributed by atoms with Crippen LogP contribution in [0.1, 0.15) is 39.5 Å². The van der Waals surface area contributed by atoms with Gasteiger partial charge in [-0.3, -0.25) is 14.9 Å². The Morgan fingerprint density at radius 2 is 1.81 bits per heavy atom. The summed E-state index contributed by atoms with van der Waals surface area (Å²) in [4.78, 5) is 22.8. The average molecular weight is 417 g/mol. The van der Waals surface area contributed by atoms with Crippen LogP contribution in [0.4, 0.5) is 11.4 Å². The minimum atomic E-state index is -0.485. The fourth-order valence-corrected chi connectivity index (χ4v) is 2.98. The summed E-state index contributed by atoms with van der Waals surface area (Å²) < 4.78 is 0. The quantitative estimate of drug-likeness (QED) is 0.393. The number of amides is 1. The number of hydrogen-bond donors (Lipinski definition) is 1. The normalized spacial score (nSPS) is 11.3. The van der Waals surface area contributed by atoms with Crippen LogP contribution in [0.2, 0.25) is 0 Å². The van der Waals surface area contributed by atoms with Crippen LogP contribution in [0.25, 0.3) is 6.08 Å². The molecule has 0 aromatic heterocycles. The van der Waals surface area contributed by atoms with Gasteiger partial charge in [-0.2, -0.15) is 0 Å². The number of nitrogens with one attached hydrogen (secondary N) is 1. The Hall–Kier alpha value is -2.47. The summed E-state index contributed by atoms with van der Waals surface area (Å²) in [6, 6.07) is 7.63. The van der Waals surface area contributed by atoms with Crippen molar-refractivity contribution >= 4 is 39.3 Å². The summed E-state index contributed by atoms with van der Waals surface area (Å²) >= 11 is 3.46. The number of benzene rings is 2. The van der Waals surface area contributed by atoms with Crippen LogP contribution in [0.15, 0.2) is 35.9 Å². The van der Waals surface area contributed by atoms with Crippen molar-refractivity contribution in [3.05, 3.63) is 73.8 Å². The SMILES string of the molecule is C/C(=C/c1c(C)cc(C)c(NC(=O)c2ccc([N+](=O)[O-])cc2)c1C)CBr. The van der Waals surface area contributed by atoms with E-state index in [-0.39, 0.29) is 11.6 Å². The predicted octanol–water partition coefficient (Wildman–Crippen LogP) is 5.57. The molecule has 0 bridgehead atoms. The van der Waals surface area contributed by atoms with Gasteiger partial charge in [0.25, 0.3) is 11.6 Å². The minimum absolute atomic E-state index is 0.0399. The Labute approximate surface area is 161 Å². The molecule has 6 heteroatoms. The number of non-ortho nitro benzene ring substituents is 1. The van der Waals surface area contributed by atoms with Gasteiger partial charge >= 0.3 is 0 Å². The second-order valence-electron chi connectivity index (χ2n) is 6.31. The highest BCUT2D eigenvalue weighted by molar-refractivity contribution is 9.09. The standard InChI is InChI=1S/C20H21BrN2O3/c1-12(11-21)9-18-13(2)10-14(3)19(15(18)4)22-20(24)16-5-7-17(8-6-16)23(25)26/h5-10H,11H2,1-4H3,(H,22,24)/b12-9-. The Morgan fingerprint density at radius 1 is 1.19 bits per heavy atom. The molecule has 0 atom stereocenters.